The lowest BCUT2D eigenvalue weighted by Gasteiger charge is -2.20. The Kier molecular flexibility index (Phi) is 9.03. The second-order valence-electron chi connectivity index (χ2n) is 7.51. The Morgan fingerprint density at radius 1 is 0.909 bits per heavy atom. The molecule has 0 unspecified atom stereocenters. The van der Waals surface area contributed by atoms with Gasteiger partial charge in [0.2, 0.25) is 0 Å². The predicted molar refractivity (Wildman–Crippen MR) is 130 cm³/mol. The van der Waals surface area contributed by atoms with Gasteiger partial charge in [-0.15, -0.1) is 0 Å². The smallest absolute Gasteiger partial charge is 0.328 e. The molecule has 6 nitrogen and oxygen atoms in total. The van der Waals surface area contributed by atoms with E-state index >= 15 is 0 Å². The highest BCUT2D eigenvalue weighted by Gasteiger charge is 2.22. The molecular weight excluding hydrogens is 416 g/mol. The molecule has 0 aliphatic rings. The van der Waals surface area contributed by atoms with E-state index in [4.69, 9.17) is 9.47 Å². The largest absolute Gasteiger partial charge is 0.492 e. The van der Waals surface area contributed by atoms with Gasteiger partial charge >= 0.3 is 5.97 Å². The zero-order valence-corrected chi connectivity index (χ0v) is 19.0. The minimum atomic E-state index is -0.653. The van der Waals surface area contributed by atoms with Gasteiger partial charge in [0, 0.05) is 29.8 Å². The van der Waals surface area contributed by atoms with Crippen molar-refractivity contribution >= 4 is 17.4 Å². The molecule has 0 amide bonds. The van der Waals surface area contributed by atoms with Crippen LogP contribution in [-0.4, -0.2) is 44.6 Å². The maximum atomic E-state index is 13.0. The highest BCUT2D eigenvalue weighted by atomic mass is 16.5. The summed E-state index contributed by atoms with van der Waals surface area (Å²) in [5, 5.41) is 6.44. The molecule has 33 heavy (non-hydrogen) atoms. The molecule has 172 valence electrons. The Bertz CT molecular complexity index is 1040. The van der Waals surface area contributed by atoms with Crippen molar-refractivity contribution in [2.75, 3.05) is 32.1 Å². The molecule has 1 atom stereocenters. The minimum absolute atomic E-state index is 0.110. The Balaban J connectivity index is 1.73. The maximum absolute atomic E-state index is 13.0. The molecule has 0 saturated carbocycles. The van der Waals surface area contributed by atoms with E-state index in [0.29, 0.717) is 29.8 Å². The molecule has 3 rings (SSSR count). The highest BCUT2D eigenvalue weighted by Crippen LogP contribution is 2.22. The van der Waals surface area contributed by atoms with Crippen LogP contribution in [0.1, 0.15) is 28.4 Å². The fourth-order valence-corrected chi connectivity index (χ4v) is 3.45. The Hall–Kier alpha value is -3.64. The van der Waals surface area contributed by atoms with E-state index in [-0.39, 0.29) is 5.78 Å². The molecule has 3 aromatic carbocycles. The third-order valence-corrected chi connectivity index (χ3v) is 5.18. The number of hydrogen-bond donors (Lipinski definition) is 2. The van der Waals surface area contributed by atoms with Crippen LogP contribution in [0.2, 0.25) is 0 Å². The average Bonchev–Trinajstić information content (AvgIpc) is 2.87. The summed E-state index contributed by atoms with van der Waals surface area (Å²) in [6.07, 6.45) is 0.401. The zero-order valence-electron chi connectivity index (χ0n) is 19.0. The number of ether oxygens (including phenoxy) is 2. The van der Waals surface area contributed by atoms with Crippen LogP contribution < -0.4 is 15.4 Å². The number of anilines is 1. The SMILES string of the molecule is CCNCCOc1ccc(C[C@H](Nc2ccccc2C(=O)c2ccccc2)C(=O)OC)cc1. The second-order valence-corrected chi connectivity index (χ2v) is 7.51. The van der Waals surface area contributed by atoms with Crippen molar-refractivity contribution in [2.45, 2.75) is 19.4 Å². The molecule has 3 aromatic rings. The summed E-state index contributed by atoms with van der Waals surface area (Å²) in [6.45, 7) is 4.33. The number of hydrogen-bond acceptors (Lipinski definition) is 6. The summed E-state index contributed by atoms with van der Waals surface area (Å²) in [5.74, 6) is 0.266. The van der Waals surface area contributed by atoms with Crippen molar-refractivity contribution in [1.29, 1.82) is 0 Å². The van der Waals surface area contributed by atoms with Crippen molar-refractivity contribution in [1.82, 2.24) is 5.32 Å². The number of esters is 1. The number of ketones is 1. The van der Waals surface area contributed by atoms with E-state index in [1.807, 2.05) is 54.6 Å². The minimum Gasteiger partial charge on any atom is -0.492 e. The van der Waals surface area contributed by atoms with Crippen molar-refractivity contribution < 1.29 is 19.1 Å². The number of rotatable bonds is 12. The van der Waals surface area contributed by atoms with Crippen molar-refractivity contribution in [3.05, 3.63) is 95.6 Å². The van der Waals surface area contributed by atoms with Gasteiger partial charge in [0.05, 0.1) is 7.11 Å². The average molecular weight is 447 g/mol. The third-order valence-electron chi connectivity index (χ3n) is 5.18. The first-order chi connectivity index (χ1) is 16.1. The molecular formula is C27H30N2O4. The second kappa shape index (κ2) is 12.4. The number of carbonyl (C=O) groups is 2. The normalized spacial score (nSPS) is 11.5. The van der Waals surface area contributed by atoms with E-state index in [9.17, 15) is 9.59 Å². The summed E-state index contributed by atoms with van der Waals surface area (Å²) in [4.78, 5) is 25.6. The predicted octanol–water partition coefficient (Wildman–Crippen LogP) is 4.10. The molecule has 0 saturated heterocycles. The van der Waals surface area contributed by atoms with Gasteiger partial charge in [-0.05, 0) is 36.4 Å². The van der Waals surface area contributed by atoms with Crippen LogP contribution in [0.3, 0.4) is 0 Å². The van der Waals surface area contributed by atoms with Crippen LogP contribution in [0.4, 0.5) is 5.69 Å². The van der Waals surface area contributed by atoms with Gasteiger partial charge < -0.3 is 20.1 Å². The molecule has 0 aliphatic carbocycles. The third kappa shape index (κ3) is 6.92. The van der Waals surface area contributed by atoms with Gasteiger partial charge in [-0.3, -0.25) is 4.79 Å². The first-order valence-electron chi connectivity index (χ1n) is 11.1. The number of methoxy groups -OCH3 is 1. The molecule has 0 fully saturated rings. The Morgan fingerprint density at radius 2 is 1.61 bits per heavy atom. The van der Waals surface area contributed by atoms with Gasteiger partial charge in [-0.25, -0.2) is 4.79 Å². The van der Waals surface area contributed by atoms with Crippen LogP contribution in [0.15, 0.2) is 78.9 Å². The van der Waals surface area contributed by atoms with Crippen LogP contribution in [-0.2, 0) is 16.0 Å². The first-order valence-corrected chi connectivity index (χ1v) is 11.1. The molecule has 0 radical (unpaired) electrons. The van der Waals surface area contributed by atoms with Gasteiger partial charge in [0.25, 0.3) is 0 Å². The number of nitrogens with one attached hydrogen (secondary N) is 2. The molecule has 2 N–H and O–H groups in total. The molecule has 0 spiro atoms. The van der Waals surface area contributed by atoms with E-state index in [1.165, 1.54) is 7.11 Å². The standard InChI is InChI=1S/C27H30N2O4/c1-3-28-17-18-33-22-15-13-20(14-16-22)19-25(27(31)32-2)29-24-12-8-7-11-23(24)26(30)21-9-5-4-6-10-21/h4-16,25,28-29H,3,17-19H2,1-2H3/t25-/m0/s1. The molecule has 0 bridgehead atoms. The van der Waals surface area contributed by atoms with Crippen LogP contribution >= 0.6 is 0 Å². The van der Waals surface area contributed by atoms with E-state index < -0.39 is 12.0 Å². The van der Waals surface area contributed by atoms with Gasteiger partial charge in [0.1, 0.15) is 18.4 Å². The van der Waals surface area contributed by atoms with Crippen molar-refractivity contribution in [3.8, 4) is 5.75 Å². The van der Waals surface area contributed by atoms with Crippen LogP contribution in [0, 0.1) is 0 Å². The molecule has 0 aliphatic heterocycles. The summed E-state index contributed by atoms with van der Waals surface area (Å²) in [7, 11) is 1.36. The fraction of sp³-hybridized carbons (Fsp3) is 0.259. The highest BCUT2D eigenvalue weighted by molar-refractivity contribution is 6.12. The lowest BCUT2D eigenvalue weighted by molar-refractivity contribution is -0.141. The van der Waals surface area contributed by atoms with Crippen molar-refractivity contribution in [2.24, 2.45) is 0 Å². The topological polar surface area (TPSA) is 76.7 Å². The van der Waals surface area contributed by atoms with Crippen LogP contribution in [0.5, 0.6) is 5.75 Å². The van der Waals surface area contributed by atoms with Gasteiger partial charge in [-0.1, -0.05) is 61.5 Å². The summed E-state index contributed by atoms with van der Waals surface area (Å²) in [6, 6.07) is 23.3. The molecule has 6 heteroatoms. The van der Waals surface area contributed by atoms with E-state index in [2.05, 4.69) is 17.6 Å². The summed E-state index contributed by atoms with van der Waals surface area (Å²) < 4.78 is 10.7. The Labute approximate surface area is 194 Å². The monoisotopic (exact) mass is 446 g/mol. The van der Waals surface area contributed by atoms with Crippen LogP contribution in [0.25, 0.3) is 0 Å². The lowest BCUT2D eigenvalue weighted by Crippen LogP contribution is -2.33. The number of benzene rings is 3. The quantitative estimate of drug-likeness (QED) is 0.248. The van der Waals surface area contributed by atoms with E-state index in [1.54, 1.807) is 24.3 Å². The first kappa shape index (κ1) is 24.0. The lowest BCUT2D eigenvalue weighted by atomic mass is 10.00. The van der Waals surface area contributed by atoms with Crippen molar-refractivity contribution in [3.63, 3.8) is 0 Å². The summed E-state index contributed by atoms with van der Waals surface area (Å²) in [5.41, 5.74) is 2.63. The number of para-hydroxylation sites is 1. The molecule has 0 aromatic heterocycles. The van der Waals surface area contributed by atoms with Gasteiger partial charge in [0.15, 0.2) is 5.78 Å². The molecule has 0 heterocycles. The van der Waals surface area contributed by atoms with Gasteiger partial charge in [-0.2, -0.15) is 0 Å². The number of likely N-dealkylation sites (N-methyl/N-ethyl adjacent to an activating group) is 1. The fourth-order valence-electron chi connectivity index (χ4n) is 3.45. The Morgan fingerprint density at radius 3 is 2.30 bits per heavy atom. The maximum Gasteiger partial charge on any atom is 0.328 e. The van der Waals surface area contributed by atoms with E-state index in [0.717, 1.165) is 24.4 Å². The number of carbonyl (C=O) groups excluding carboxylic acids is 2. The summed E-state index contributed by atoms with van der Waals surface area (Å²) >= 11 is 0. The zero-order chi connectivity index (χ0) is 23.5.